The number of esters is 1. The van der Waals surface area contributed by atoms with Crippen molar-refractivity contribution in [2.24, 2.45) is 0 Å². The summed E-state index contributed by atoms with van der Waals surface area (Å²) in [4.78, 5) is 27.5. The molecule has 3 aromatic carbocycles. The van der Waals surface area contributed by atoms with E-state index in [9.17, 15) is 18.0 Å². The predicted molar refractivity (Wildman–Crippen MR) is 148 cm³/mol. The molecular weight excluding hydrogens is 502 g/mol. The summed E-state index contributed by atoms with van der Waals surface area (Å²) in [5.74, 6) is -0.296. The van der Waals surface area contributed by atoms with Crippen LogP contribution in [0.2, 0.25) is 0 Å². The third-order valence-electron chi connectivity index (χ3n) is 6.65. The van der Waals surface area contributed by atoms with Crippen molar-refractivity contribution in [3.05, 3.63) is 95.1 Å². The van der Waals surface area contributed by atoms with Crippen molar-refractivity contribution in [1.29, 1.82) is 0 Å². The molecule has 0 bridgehead atoms. The molecule has 2 N–H and O–H groups in total. The van der Waals surface area contributed by atoms with E-state index in [2.05, 4.69) is 15.5 Å². The van der Waals surface area contributed by atoms with Crippen LogP contribution in [-0.4, -0.2) is 56.4 Å². The normalized spacial score (nSPS) is 17.9. The highest BCUT2D eigenvalue weighted by Gasteiger charge is 2.29. The van der Waals surface area contributed by atoms with Crippen LogP contribution < -0.4 is 10.6 Å². The van der Waals surface area contributed by atoms with Crippen molar-refractivity contribution in [1.82, 2.24) is 4.90 Å². The monoisotopic (exact) mass is 531 g/mol. The van der Waals surface area contributed by atoms with Gasteiger partial charge in [-0.2, -0.15) is 0 Å². The van der Waals surface area contributed by atoms with E-state index < -0.39 is 15.8 Å². The molecule has 1 fully saturated rings. The minimum absolute atomic E-state index is 0.200. The van der Waals surface area contributed by atoms with Crippen LogP contribution in [0.25, 0.3) is 11.3 Å². The van der Waals surface area contributed by atoms with Gasteiger partial charge in [-0.1, -0.05) is 48.5 Å². The lowest BCUT2D eigenvalue weighted by Crippen LogP contribution is -2.39. The molecule has 0 unspecified atom stereocenters. The summed E-state index contributed by atoms with van der Waals surface area (Å²) in [5, 5.41) is 6.33. The smallest absolute Gasteiger partial charge is 0.338 e. The summed E-state index contributed by atoms with van der Waals surface area (Å²) in [6.45, 7) is 3.78. The molecule has 0 radical (unpaired) electrons. The molecular formula is C29H29N3O5S. The van der Waals surface area contributed by atoms with Gasteiger partial charge in [0.25, 0.3) is 5.91 Å². The highest BCUT2D eigenvalue weighted by molar-refractivity contribution is 7.91. The number of hydrogen-bond acceptors (Lipinski definition) is 7. The maximum atomic E-state index is 13.2. The fourth-order valence-electron chi connectivity index (χ4n) is 4.65. The van der Waals surface area contributed by atoms with Crippen LogP contribution in [0.15, 0.2) is 72.8 Å². The van der Waals surface area contributed by atoms with Crippen LogP contribution in [0, 0.1) is 0 Å². The minimum atomic E-state index is -2.91. The molecule has 0 aliphatic carbocycles. The molecule has 0 atom stereocenters. The molecule has 38 heavy (non-hydrogen) atoms. The lowest BCUT2D eigenvalue weighted by atomic mass is 9.99. The molecule has 2 aliphatic heterocycles. The second-order valence-electron chi connectivity index (χ2n) is 9.30. The van der Waals surface area contributed by atoms with Crippen LogP contribution in [0.5, 0.6) is 0 Å². The number of anilines is 2. The second-order valence-corrected chi connectivity index (χ2v) is 11.6. The van der Waals surface area contributed by atoms with Crippen molar-refractivity contribution in [3.8, 4) is 0 Å². The van der Waals surface area contributed by atoms with Crippen molar-refractivity contribution in [2.75, 3.05) is 41.8 Å². The Hall–Kier alpha value is -3.95. The summed E-state index contributed by atoms with van der Waals surface area (Å²) in [6, 6.07) is 22.6. The number of hydrogen-bond donors (Lipinski definition) is 2. The summed E-state index contributed by atoms with van der Waals surface area (Å²) in [6.07, 6.45) is 0. The van der Waals surface area contributed by atoms with Crippen LogP contribution in [0.1, 0.15) is 34.0 Å². The molecule has 9 heteroatoms. The Morgan fingerprint density at radius 1 is 0.974 bits per heavy atom. The van der Waals surface area contributed by atoms with Crippen molar-refractivity contribution in [2.45, 2.75) is 13.5 Å². The van der Waals surface area contributed by atoms with Gasteiger partial charge < -0.3 is 15.4 Å². The average molecular weight is 532 g/mol. The first-order chi connectivity index (χ1) is 18.3. The quantitative estimate of drug-likeness (QED) is 0.350. The maximum absolute atomic E-state index is 13.2. The molecule has 5 rings (SSSR count). The van der Waals surface area contributed by atoms with Gasteiger partial charge in [-0.3, -0.25) is 9.69 Å². The Morgan fingerprint density at radius 2 is 1.68 bits per heavy atom. The Bertz CT molecular complexity index is 1480. The van der Waals surface area contributed by atoms with Gasteiger partial charge in [0.05, 0.1) is 40.6 Å². The summed E-state index contributed by atoms with van der Waals surface area (Å²) < 4.78 is 28.5. The zero-order valence-corrected chi connectivity index (χ0v) is 21.9. The van der Waals surface area contributed by atoms with Crippen LogP contribution >= 0.6 is 0 Å². The van der Waals surface area contributed by atoms with E-state index in [1.807, 2.05) is 54.6 Å². The number of fused-ring (bicyclic) bond motifs is 1. The number of amides is 1. The third-order valence-corrected chi connectivity index (χ3v) is 8.26. The first-order valence-electron chi connectivity index (χ1n) is 12.5. The molecule has 1 saturated heterocycles. The van der Waals surface area contributed by atoms with E-state index in [-0.39, 0.29) is 24.0 Å². The molecule has 3 aromatic rings. The number of benzene rings is 3. The number of nitrogens with zero attached hydrogens (tertiary/aromatic N) is 1. The third kappa shape index (κ3) is 5.64. The predicted octanol–water partition coefficient (Wildman–Crippen LogP) is 4.03. The zero-order valence-electron chi connectivity index (χ0n) is 21.1. The Kier molecular flexibility index (Phi) is 7.31. The van der Waals surface area contributed by atoms with Crippen LogP contribution in [0.4, 0.5) is 11.4 Å². The van der Waals surface area contributed by atoms with Gasteiger partial charge in [0.2, 0.25) is 0 Å². The van der Waals surface area contributed by atoms with E-state index in [0.717, 1.165) is 16.8 Å². The van der Waals surface area contributed by atoms with Crippen molar-refractivity contribution < 1.29 is 22.7 Å². The zero-order chi connectivity index (χ0) is 26.7. The van der Waals surface area contributed by atoms with E-state index in [1.165, 1.54) is 0 Å². The number of ether oxygens (including phenoxy) is 1. The van der Waals surface area contributed by atoms with Crippen LogP contribution in [0.3, 0.4) is 0 Å². The Morgan fingerprint density at radius 3 is 2.37 bits per heavy atom. The number of sulfone groups is 1. The second kappa shape index (κ2) is 10.8. The fraction of sp³-hybridized carbons (Fsp3) is 0.241. The van der Waals surface area contributed by atoms with Gasteiger partial charge in [-0.05, 0) is 42.3 Å². The SMILES string of the molecule is CCOC(=O)c1ccc2c(c1)NC(=O)C2=C(Nc1ccc(CN2CCS(=O)(=O)CC2)cc1)c1ccccc1. The van der Waals surface area contributed by atoms with Gasteiger partial charge in [0.1, 0.15) is 0 Å². The summed E-state index contributed by atoms with van der Waals surface area (Å²) in [7, 11) is -2.91. The largest absolute Gasteiger partial charge is 0.462 e. The Labute approximate surface area is 222 Å². The van der Waals surface area contributed by atoms with E-state index in [1.54, 1.807) is 25.1 Å². The number of carbonyl (C=O) groups excluding carboxylic acids is 2. The topological polar surface area (TPSA) is 105 Å². The molecule has 196 valence electrons. The van der Waals surface area contributed by atoms with E-state index in [0.29, 0.717) is 47.7 Å². The molecule has 0 saturated carbocycles. The van der Waals surface area contributed by atoms with E-state index >= 15 is 0 Å². The molecule has 0 aromatic heterocycles. The molecule has 0 spiro atoms. The Balaban J connectivity index is 1.43. The van der Waals surface area contributed by atoms with Gasteiger partial charge in [0.15, 0.2) is 9.84 Å². The van der Waals surface area contributed by atoms with Gasteiger partial charge in [0, 0.05) is 30.9 Å². The maximum Gasteiger partial charge on any atom is 0.338 e. The first kappa shape index (κ1) is 25.7. The lowest BCUT2D eigenvalue weighted by molar-refractivity contribution is -0.110. The minimum Gasteiger partial charge on any atom is -0.462 e. The summed E-state index contributed by atoms with van der Waals surface area (Å²) >= 11 is 0. The molecule has 8 nitrogen and oxygen atoms in total. The van der Waals surface area contributed by atoms with Gasteiger partial charge in [-0.15, -0.1) is 0 Å². The summed E-state index contributed by atoms with van der Waals surface area (Å²) in [5.41, 5.74) is 5.52. The molecule has 2 heterocycles. The standard InChI is InChI=1S/C29H29N3O5S/c1-2-37-29(34)22-10-13-24-25(18-22)31-28(33)26(24)27(21-6-4-3-5-7-21)30-23-11-8-20(9-12-23)19-32-14-16-38(35,36)17-15-32/h3-13,18,30H,2,14-17,19H2,1H3,(H,31,33). The number of carbonyl (C=O) groups is 2. The van der Waals surface area contributed by atoms with Gasteiger partial charge >= 0.3 is 5.97 Å². The average Bonchev–Trinajstić information content (AvgIpc) is 3.24. The molecule has 1 amide bonds. The highest BCUT2D eigenvalue weighted by Crippen LogP contribution is 2.38. The highest BCUT2D eigenvalue weighted by atomic mass is 32.2. The lowest BCUT2D eigenvalue weighted by Gasteiger charge is -2.26. The first-order valence-corrected chi connectivity index (χ1v) is 14.4. The van der Waals surface area contributed by atoms with Crippen LogP contribution in [-0.2, 0) is 25.9 Å². The van der Waals surface area contributed by atoms with Crippen molar-refractivity contribution in [3.63, 3.8) is 0 Å². The number of nitrogens with one attached hydrogen (secondary N) is 2. The van der Waals surface area contributed by atoms with E-state index in [4.69, 9.17) is 4.74 Å². The number of rotatable bonds is 7. The fourth-order valence-corrected chi connectivity index (χ4v) is 5.93. The molecule has 2 aliphatic rings. The van der Waals surface area contributed by atoms with Crippen molar-refractivity contribution >= 4 is 44.4 Å². The van der Waals surface area contributed by atoms with Gasteiger partial charge in [-0.25, -0.2) is 13.2 Å².